The smallest absolute Gasteiger partial charge is 0.264 e. The van der Waals surface area contributed by atoms with Gasteiger partial charge >= 0.3 is 0 Å². The van der Waals surface area contributed by atoms with Gasteiger partial charge in [-0.25, -0.2) is 0 Å². The molecule has 64 valence electrons. The second-order valence-electron chi connectivity index (χ2n) is 2.47. The molecule has 0 saturated heterocycles. The minimum Gasteiger partial charge on any atom is -0.286 e. The lowest BCUT2D eigenvalue weighted by Gasteiger charge is -1.99. The van der Waals surface area contributed by atoms with Crippen LogP contribution in [0.3, 0.4) is 0 Å². The predicted molar refractivity (Wildman–Crippen MR) is 43.1 cm³/mol. The van der Waals surface area contributed by atoms with Crippen LogP contribution in [0.15, 0.2) is 0 Å². The Morgan fingerprint density at radius 3 is 1.90 bits per heavy atom. The van der Waals surface area contributed by atoms with Crippen molar-refractivity contribution in [2.75, 3.05) is 5.75 Å². The van der Waals surface area contributed by atoms with Crippen molar-refractivity contribution >= 4 is 22.5 Å². The molecule has 0 atom stereocenters. The molecule has 0 rings (SSSR count). The molecule has 0 heterocycles. The summed E-state index contributed by atoms with van der Waals surface area (Å²) in [5, 5.41) is 0. The second-order valence-corrected chi connectivity index (χ2v) is 4.04. The van der Waals surface area contributed by atoms with Gasteiger partial charge in [-0.1, -0.05) is 13.8 Å². The molecule has 0 aromatic heterocycles. The fourth-order valence-electron chi connectivity index (χ4n) is 0.385. The molecular formula is C5H13ClO3S. The maximum atomic E-state index is 10.1. The number of hydrogen-bond acceptors (Lipinski definition) is 2. The minimum absolute atomic E-state index is 0. The largest absolute Gasteiger partial charge is 0.286 e. The molecule has 0 amide bonds. The van der Waals surface area contributed by atoms with E-state index >= 15 is 0 Å². The van der Waals surface area contributed by atoms with Crippen LogP contribution in [0, 0.1) is 5.92 Å². The summed E-state index contributed by atoms with van der Waals surface area (Å²) in [7, 11) is -3.72. The van der Waals surface area contributed by atoms with Crippen LogP contribution in [0.4, 0.5) is 0 Å². The summed E-state index contributed by atoms with van der Waals surface area (Å²) in [6, 6.07) is 0. The van der Waals surface area contributed by atoms with Gasteiger partial charge in [0, 0.05) is 0 Å². The third-order valence-corrected chi connectivity index (χ3v) is 1.70. The van der Waals surface area contributed by atoms with E-state index in [9.17, 15) is 8.42 Å². The first kappa shape index (κ1) is 12.8. The molecule has 1 N–H and O–H groups in total. The molecule has 0 aliphatic carbocycles. The zero-order chi connectivity index (χ0) is 7.49. The molecule has 10 heavy (non-hydrogen) atoms. The van der Waals surface area contributed by atoms with Crippen molar-refractivity contribution < 1.29 is 13.0 Å². The maximum absolute atomic E-state index is 10.1. The molecule has 0 aromatic rings. The van der Waals surface area contributed by atoms with E-state index in [1.807, 2.05) is 13.8 Å². The summed E-state index contributed by atoms with van der Waals surface area (Å²) < 4.78 is 28.4. The molecule has 0 aliphatic rings. The highest BCUT2D eigenvalue weighted by Gasteiger charge is 2.04. The van der Waals surface area contributed by atoms with Gasteiger partial charge in [0.15, 0.2) is 0 Å². The third kappa shape index (κ3) is 11.1. The van der Waals surface area contributed by atoms with Gasteiger partial charge in [0.1, 0.15) is 0 Å². The van der Waals surface area contributed by atoms with Crippen molar-refractivity contribution in [1.82, 2.24) is 0 Å². The van der Waals surface area contributed by atoms with E-state index in [4.69, 9.17) is 4.55 Å². The summed E-state index contributed by atoms with van der Waals surface area (Å²) in [4.78, 5) is 0. The number of rotatable bonds is 3. The van der Waals surface area contributed by atoms with Crippen molar-refractivity contribution in [2.24, 2.45) is 5.92 Å². The van der Waals surface area contributed by atoms with E-state index in [0.29, 0.717) is 12.3 Å². The number of hydrogen-bond donors (Lipinski definition) is 1. The van der Waals surface area contributed by atoms with Gasteiger partial charge in [-0.05, 0) is 12.3 Å². The normalized spacial score (nSPS) is 11.2. The molecule has 0 saturated carbocycles. The molecule has 0 aliphatic heterocycles. The van der Waals surface area contributed by atoms with E-state index in [-0.39, 0.29) is 18.2 Å². The van der Waals surface area contributed by atoms with Crippen molar-refractivity contribution in [1.29, 1.82) is 0 Å². The minimum atomic E-state index is -3.72. The Hall–Kier alpha value is 0.200. The first-order valence-corrected chi connectivity index (χ1v) is 4.48. The second kappa shape index (κ2) is 4.93. The zero-order valence-corrected chi connectivity index (χ0v) is 7.70. The van der Waals surface area contributed by atoms with Gasteiger partial charge in [-0.2, -0.15) is 8.42 Å². The highest BCUT2D eigenvalue weighted by molar-refractivity contribution is 7.85. The Labute approximate surface area is 68.0 Å². The van der Waals surface area contributed by atoms with Gasteiger partial charge in [0.05, 0.1) is 5.75 Å². The molecule has 0 radical (unpaired) electrons. The summed E-state index contributed by atoms with van der Waals surface area (Å²) in [5.74, 6) is 0.205. The molecule has 3 nitrogen and oxygen atoms in total. The van der Waals surface area contributed by atoms with Gasteiger partial charge in [-0.3, -0.25) is 4.55 Å². The van der Waals surface area contributed by atoms with Crippen LogP contribution in [0.5, 0.6) is 0 Å². The van der Waals surface area contributed by atoms with Crippen LogP contribution in [-0.2, 0) is 10.1 Å². The average molecular weight is 189 g/mol. The highest BCUT2D eigenvalue weighted by Crippen LogP contribution is 2.00. The number of halogens is 1. The maximum Gasteiger partial charge on any atom is 0.264 e. The molecule has 5 heteroatoms. The van der Waals surface area contributed by atoms with E-state index in [2.05, 4.69) is 0 Å². The Kier molecular flexibility index (Phi) is 6.33. The predicted octanol–water partition coefficient (Wildman–Crippen LogP) is 1.34. The lowest BCUT2D eigenvalue weighted by molar-refractivity contribution is 0.474. The van der Waals surface area contributed by atoms with E-state index < -0.39 is 10.1 Å². The van der Waals surface area contributed by atoms with Gasteiger partial charge in [0.25, 0.3) is 10.1 Å². The van der Waals surface area contributed by atoms with Crippen molar-refractivity contribution in [3.8, 4) is 0 Å². The third-order valence-electron chi connectivity index (χ3n) is 0.953. The van der Waals surface area contributed by atoms with Crippen LogP contribution in [-0.4, -0.2) is 18.7 Å². The summed E-state index contributed by atoms with van der Waals surface area (Å²) >= 11 is 0. The van der Waals surface area contributed by atoms with E-state index in [1.54, 1.807) is 0 Å². The Bertz CT molecular complexity index is 162. The monoisotopic (exact) mass is 188 g/mol. The lowest BCUT2D eigenvalue weighted by atomic mass is 10.2. The quantitative estimate of drug-likeness (QED) is 0.681. The lowest BCUT2D eigenvalue weighted by Crippen LogP contribution is -2.06. The highest BCUT2D eigenvalue weighted by atomic mass is 35.5. The Balaban J connectivity index is 0. The van der Waals surface area contributed by atoms with Gasteiger partial charge < -0.3 is 0 Å². The van der Waals surface area contributed by atoms with Gasteiger partial charge in [-0.15, -0.1) is 12.4 Å². The Morgan fingerprint density at radius 2 is 1.80 bits per heavy atom. The van der Waals surface area contributed by atoms with Crippen LogP contribution in [0.25, 0.3) is 0 Å². The fourth-order valence-corrected chi connectivity index (χ4v) is 1.15. The molecule has 0 fully saturated rings. The van der Waals surface area contributed by atoms with Crippen LogP contribution >= 0.6 is 12.4 Å². The van der Waals surface area contributed by atoms with Gasteiger partial charge in [0.2, 0.25) is 0 Å². The molecule has 0 spiro atoms. The first-order chi connectivity index (χ1) is 3.92. The topological polar surface area (TPSA) is 54.4 Å². The summed E-state index contributed by atoms with van der Waals surface area (Å²) in [6.45, 7) is 3.82. The molecular weight excluding hydrogens is 176 g/mol. The van der Waals surface area contributed by atoms with Crippen molar-refractivity contribution in [2.45, 2.75) is 20.3 Å². The zero-order valence-electron chi connectivity index (χ0n) is 6.07. The molecule has 0 aromatic carbocycles. The van der Waals surface area contributed by atoms with E-state index in [1.165, 1.54) is 0 Å². The molecule has 0 bridgehead atoms. The van der Waals surface area contributed by atoms with E-state index in [0.717, 1.165) is 0 Å². The van der Waals surface area contributed by atoms with Crippen molar-refractivity contribution in [3.63, 3.8) is 0 Å². The first-order valence-electron chi connectivity index (χ1n) is 2.87. The fraction of sp³-hybridized carbons (Fsp3) is 1.00. The van der Waals surface area contributed by atoms with Crippen LogP contribution in [0.1, 0.15) is 20.3 Å². The van der Waals surface area contributed by atoms with Crippen molar-refractivity contribution in [3.05, 3.63) is 0 Å². The van der Waals surface area contributed by atoms with Crippen LogP contribution < -0.4 is 0 Å². The van der Waals surface area contributed by atoms with Crippen LogP contribution in [0.2, 0.25) is 0 Å². The average Bonchev–Trinajstić information content (AvgIpc) is 1.59. The summed E-state index contributed by atoms with van der Waals surface area (Å²) in [6.07, 6.45) is 0.527. The SMILES string of the molecule is CC(C)CCS(=O)(=O)O.Cl. The standard InChI is InChI=1S/C5H12O3S.ClH/c1-5(2)3-4-9(6,7)8;/h5H,3-4H2,1-2H3,(H,6,7,8);1H. The Morgan fingerprint density at radius 1 is 1.40 bits per heavy atom. The summed E-state index contributed by atoms with van der Waals surface area (Å²) in [5.41, 5.74) is 0. The molecule has 0 unspecified atom stereocenters.